The van der Waals surface area contributed by atoms with Crippen LogP contribution in [0.1, 0.15) is 30.5 Å². The second-order valence-electron chi connectivity index (χ2n) is 11.0. The number of benzene rings is 3. The first-order valence-electron chi connectivity index (χ1n) is 14.8. The Kier molecular flexibility index (Phi) is 12.2. The molecule has 12 heteroatoms. The SMILES string of the molecule is CC(C)OC(=O)C(=O)[C@H](Cc1ccccc1)NC(=O)C1CSCN1C(=O)[C@H](Cc1ccc(O)cc1)NC(=O)OCc1ccccc1. The zero-order valence-corrected chi connectivity index (χ0v) is 26.4. The van der Waals surface area contributed by atoms with E-state index in [9.17, 15) is 29.1 Å². The van der Waals surface area contributed by atoms with Crippen LogP contribution in [0.15, 0.2) is 84.9 Å². The maximum Gasteiger partial charge on any atom is 0.408 e. The molecule has 3 aromatic rings. The topological polar surface area (TPSA) is 151 Å². The molecule has 46 heavy (non-hydrogen) atoms. The van der Waals surface area contributed by atoms with Crippen molar-refractivity contribution in [2.45, 2.75) is 57.5 Å². The molecule has 242 valence electrons. The number of ether oxygens (including phenoxy) is 2. The molecule has 0 bridgehead atoms. The van der Waals surface area contributed by atoms with E-state index >= 15 is 0 Å². The van der Waals surface area contributed by atoms with Crippen LogP contribution in [0.3, 0.4) is 0 Å². The Morgan fingerprint density at radius 2 is 1.41 bits per heavy atom. The fourth-order valence-corrected chi connectivity index (χ4v) is 5.96. The van der Waals surface area contributed by atoms with Gasteiger partial charge in [0.25, 0.3) is 5.78 Å². The Labute approximate surface area is 271 Å². The maximum atomic E-state index is 14.0. The van der Waals surface area contributed by atoms with Crippen LogP contribution in [0.4, 0.5) is 4.79 Å². The Bertz CT molecular complexity index is 1500. The van der Waals surface area contributed by atoms with E-state index in [4.69, 9.17) is 9.47 Å². The second kappa shape index (κ2) is 16.5. The number of Topliss-reactive ketones (excluding diaryl/α,β-unsaturated/α-hetero) is 1. The summed E-state index contributed by atoms with van der Waals surface area (Å²) in [6, 6.07) is 20.9. The Morgan fingerprint density at radius 3 is 2.04 bits per heavy atom. The van der Waals surface area contributed by atoms with Crippen molar-refractivity contribution < 1.29 is 38.6 Å². The van der Waals surface area contributed by atoms with E-state index < -0.39 is 53.9 Å². The highest BCUT2D eigenvalue weighted by Gasteiger charge is 2.40. The number of alkyl carbamates (subject to hydrolysis) is 1. The first kappa shape index (κ1) is 34.0. The summed E-state index contributed by atoms with van der Waals surface area (Å²) in [4.78, 5) is 67.4. The van der Waals surface area contributed by atoms with E-state index in [1.165, 1.54) is 28.8 Å². The predicted molar refractivity (Wildman–Crippen MR) is 172 cm³/mol. The van der Waals surface area contributed by atoms with Gasteiger partial charge in [-0.05, 0) is 42.7 Å². The summed E-state index contributed by atoms with van der Waals surface area (Å²) in [7, 11) is 0. The Morgan fingerprint density at radius 1 is 0.826 bits per heavy atom. The average molecular weight is 648 g/mol. The highest BCUT2D eigenvalue weighted by atomic mass is 32.2. The molecular weight excluding hydrogens is 610 g/mol. The summed E-state index contributed by atoms with van der Waals surface area (Å²) < 4.78 is 10.5. The van der Waals surface area contributed by atoms with Gasteiger partial charge in [-0.25, -0.2) is 9.59 Å². The van der Waals surface area contributed by atoms with Gasteiger partial charge < -0.3 is 30.1 Å². The predicted octanol–water partition coefficient (Wildman–Crippen LogP) is 3.38. The third kappa shape index (κ3) is 9.83. The fraction of sp³-hybridized carbons (Fsp3) is 0.324. The molecule has 1 fully saturated rings. The molecular formula is C34H37N3O8S. The van der Waals surface area contributed by atoms with Gasteiger partial charge in [0.05, 0.1) is 12.0 Å². The third-order valence-electron chi connectivity index (χ3n) is 7.11. The number of hydrogen-bond acceptors (Lipinski definition) is 9. The molecule has 3 atom stereocenters. The molecule has 1 heterocycles. The lowest BCUT2D eigenvalue weighted by molar-refractivity contribution is -0.158. The van der Waals surface area contributed by atoms with Crippen molar-refractivity contribution in [2.75, 3.05) is 11.6 Å². The van der Waals surface area contributed by atoms with Crippen molar-refractivity contribution in [3.05, 3.63) is 102 Å². The van der Waals surface area contributed by atoms with E-state index in [2.05, 4.69) is 10.6 Å². The number of nitrogens with one attached hydrogen (secondary N) is 2. The minimum Gasteiger partial charge on any atom is -0.508 e. The monoisotopic (exact) mass is 647 g/mol. The first-order chi connectivity index (χ1) is 22.1. The number of esters is 1. The number of phenolic OH excluding ortho intramolecular Hbond substituents is 1. The summed E-state index contributed by atoms with van der Waals surface area (Å²) in [6.45, 7) is 3.23. The largest absolute Gasteiger partial charge is 0.508 e. The van der Waals surface area contributed by atoms with Crippen molar-refractivity contribution in [3.63, 3.8) is 0 Å². The van der Waals surface area contributed by atoms with Crippen LogP contribution >= 0.6 is 11.8 Å². The molecule has 3 amide bonds. The zero-order valence-electron chi connectivity index (χ0n) is 25.6. The quantitative estimate of drug-likeness (QED) is 0.187. The molecule has 1 aliphatic heterocycles. The number of amides is 3. The van der Waals surface area contributed by atoms with Gasteiger partial charge in [-0.15, -0.1) is 11.8 Å². The molecule has 0 aromatic heterocycles. The summed E-state index contributed by atoms with van der Waals surface area (Å²) in [5.74, 6) is -2.65. The van der Waals surface area contributed by atoms with Gasteiger partial charge in [-0.2, -0.15) is 0 Å². The van der Waals surface area contributed by atoms with Crippen molar-refractivity contribution in [3.8, 4) is 5.75 Å². The van der Waals surface area contributed by atoms with Crippen LogP contribution in [-0.4, -0.2) is 75.5 Å². The van der Waals surface area contributed by atoms with Crippen LogP contribution in [0, 0.1) is 0 Å². The van der Waals surface area contributed by atoms with E-state index in [0.717, 1.165) is 11.1 Å². The van der Waals surface area contributed by atoms with E-state index in [1.54, 1.807) is 62.4 Å². The van der Waals surface area contributed by atoms with Gasteiger partial charge in [0, 0.05) is 18.6 Å². The van der Waals surface area contributed by atoms with Gasteiger partial charge in [0.1, 0.15) is 30.5 Å². The molecule has 0 saturated carbocycles. The molecule has 3 N–H and O–H groups in total. The van der Waals surface area contributed by atoms with Gasteiger partial charge in [0.2, 0.25) is 11.8 Å². The first-order valence-corrected chi connectivity index (χ1v) is 16.0. The lowest BCUT2D eigenvalue weighted by atomic mass is 10.0. The summed E-state index contributed by atoms with van der Waals surface area (Å²) in [6.07, 6.45) is -1.23. The summed E-state index contributed by atoms with van der Waals surface area (Å²) >= 11 is 1.34. The number of hydrogen-bond donors (Lipinski definition) is 3. The van der Waals surface area contributed by atoms with Gasteiger partial charge in [-0.3, -0.25) is 14.4 Å². The van der Waals surface area contributed by atoms with E-state index in [-0.39, 0.29) is 36.8 Å². The molecule has 1 unspecified atom stereocenters. The molecule has 0 spiro atoms. The number of thioether (sulfide) groups is 1. The molecule has 11 nitrogen and oxygen atoms in total. The average Bonchev–Trinajstić information content (AvgIpc) is 3.54. The normalized spacial score (nSPS) is 15.5. The molecule has 4 rings (SSSR count). The van der Waals surface area contributed by atoms with Crippen molar-refractivity contribution in [1.82, 2.24) is 15.5 Å². The van der Waals surface area contributed by atoms with Crippen molar-refractivity contribution >= 4 is 41.4 Å². The highest BCUT2D eigenvalue weighted by Crippen LogP contribution is 2.24. The maximum absolute atomic E-state index is 14.0. The Hall–Kier alpha value is -4.84. The third-order valence-corrected chi connectivity index (χ3v) is 8.12. The number of carbonyl (C=O) groups excluding carboxylic acids is 5. The van der Waals surface area contributed by atoms with Gasteiger partial charge in [0.15, 0.2) is 0 Å². The van der Waals surface area contributed by atoms with Crippen LogP contribution in [-0.2, 0) is 48.1 Å². The van der Waals surface area contributed by atoms with Crippen molar-refractivity contribution in [1.29, 1.82) is 0 Å². The van der Waals surface area contributed by atoms with Gasteiger partial charge >= 0.3 is 12.1 Å². The summed E-state index contributed by atoms with van der Waals surface area (Å²) in [5, 5.41) is 15.0. The number of nitrogens with zero attached hydrogens (tertiary/aromatic N) is 1. The lowest BCUT2D eigenvalue weighted by Gasteiger charge is -2.29. The number of ketones is 1. The number of rotatable bonds is 13. The minimum absolute atomic E-state index is 0.00648. The van der Waals surface area contributed by atoms with Gasteiger partial charge in [-0.1, -0.05) is 72.8 Å². The van der Waals surface area contributed by atoms with Crippen LogP contribution in [0.2, 0.25) is 0 Å². The minimum atomic E-state index is -1.22. The molecule has 0 aliphatic carbocycles. The summed E-state index contributed by atoms with van der Waals surface area (Å²) in [5.41, 5.74) is 2.15. The molecule has 1 saturated heterocycles. The number of aromatic hydroxyl groups is 1. The number of carbonyl (C=O) groups is 5. The standard InChI is InChI=1S/C34H37N3O8S/c1-22(2)45-33(42)30(39)27(17-23-9-5-3-6-10-23)35-31(40)29-20-46-21-37(29)32(41)28(18-24-13-15-26(38)16-14-24)36-34(43)44-19-25-11-7-4-8-12-25/h3-16,22,27-29,38H,17-21H2,1-2H3,(H,35,40)(H,36,43)/t27-,28-,29?/m0/s1. The molecule has 1 aliphatic rings. The van der Waals surface area contributed by atoms with E-state index in [1.807, 2.05) is 24.3 Å². The van der Waals surface area contributed by atoms with Crippen LogP contribution < -0.4 is 10.6 Å². The highest BCUT2D eigenvalue weighted by molar-refractivity contribution is 7.99. The van der Waals surface area contributed by atoms with Crippen LogP contribution in [0.25, 0.3) is 0 Å². The number of phenols is 1. The zero-order chi connectivity index (χ0) is 33.1. The lowest BCUT2D eigenvalue weighted by Crippen LogP contribution is -2.57. The van der Waals surface area contributed by atoms with Crippen molar-refractivity contribution in [2.24, 2.45) is 0 Å². The fourth-order valence-electron chi connectivity index (χ4n) is 4.79. The molecule has 3 aromatic carbocycles. The van der Waals surface area contributed by atoms with Crippen LogP contribution in [0.5, 0.6) is 5.75 Å². The smallest absolute Gasteiger partial charge is 0.408 e. The molecule has 0 radical (unpaired) electrons. The second-order valence-corrected chi connectivity index (χ2v) is 12.0. The Balaban J connectivity index is 1.50. The van der Waals surface area contributed by atoms with E-state index in [0.29, 0.717) is 5.56 Å².